The Bertz CT molecular complexity index is 799. The van der Waals surface area contributed by atoms with Crippen LogP contribution in [0.15, 0.2) is 42.6 Å². The molecule has 1 aliphatic heterocycles. The first-order valence-electron chi connectivity index (χ1n) is 9.50. The van der Waals surface area contributed by atoms with Gasteiger partial charge in [0.2, 0.25) is 0 Å². The van der Waals surface area contributed by atoms with Gasteiger partial charge in [-0.25, -0.2) is 4.79 Å². The Kier molecular flexibility index (Phi) is 6.87. The Balaban J connectivity index is 1.42. The van der Waals surface area contributed by atoms with E-state index in [1.807, 2.05) is 12.1 Å². The Morgan fingerprint density at radius 3 is 2.34 bits per heavy atom. The fraction of sp³-hybridized carbons (Fsp3) is 0.429. The number of benzene rings is 1. The van der Waals surface area contributed by atoms with E-state index in [2.05, 4.69) is 15.2 Å². The molecule has 1 fully saturated rings. The number of methoxy groups -OCH3 is 1. The highest BCUT2D eigenvalue weighted by Gasteiger charge is 2.32. The summed E-state index contributed by atoms with van der Waals surface area (Å²) in [7, 11) is 1.36. The third-order valence-electron chi connectivity index (χ3n) is 5.08. The number of nitrogens with zero attached hydrogens (tertiary/aromatic N) is 2. The highest BCUT2D eigenvalue weighted by atomic mass is 19.4. The van der Waals surface area contributed by atoms with Crippen molar-refractivity contribution in [3.8, 4) is 0 Å². The molecule has 2 aromatic rings. The van der Waals surface area contributed by atoms with Crippen LogP contribution in [-0.2, 0) is 24.0 Å². The molecule has 8 heteroatoms. The van der Waals surface area contributed by atoms with Crippen molar-refractivity contribution in [3.63, 3.8) is 0 Å². The van der Waals surface area contributed by atoms with E-state index < -0.39 is 11.9 Å². The van der Waals surface area contributed by atoms with Crippen molar-refractivity contribution in [1.82, 2.24) is 15.2 Å². The van der Waals surface area contributed by atoms with Crippen molar-refractivity contribution in [1.29, 1.82) is 0 Å². The highest BCUT2D eigenvalue weighted by Crippen LogP contribution is 2.27. The van der Waals surface area contributed by atoms with Gasteiger partial charge in [-0.05, 0) is 55.3 Å². The van der Waals surface area contributed by atoms with Gasteiger partial charge in [0.25, 0.3) is 0 Å². The lowest BCUT2D eigenvalue weighted by atomic mass is 10.0. The normalized spacial score (nSPS) is 16.0. The summed E-state index contributed by atoms with van der Waals surface area (Å²) in [4.78, 5) is 17.3. The first-order chi connectivity index (χ1) is 13.8. The maximum Gasteiger partial charge on any atom is 0.433 e. The third-order valence-corrected chi connectivity index (χ3v) is 5.08. The molecule has 1 N–H and O–H groups in total. The number of rotatable bonds is 6. The van der Waals surface area contributed by atoms with E-state index in [9.17, 15) is 18.0 Å². The molecular weight excluding hydrogens is 383 g/mol. The van der Waals surface area contributed by atoms with Crippen LogP contribution in [0, 0.1) is 0 Å². The average Bonchev–Trinajstić information content (AvgIpc) is 2.73. The lowest BCUT2D eigenvalue weighted by molar-refractivity contribution is -0.141. The van der Waals surface area contributed by atoms with Crippen molar-refractivity contribution >= 4 is 5.97 Å². The Morgan fingerprint density at radius 1 is 1.14 bits per heavy atom. The van der Waals surface area contributed by atoms with Crippen molar-refractivity contribution < 1.29 is 22.7 Å². The summed E-state index contributed by atoms with van der Waals surface area (Å²) in [5.41, 5.74) is 1.55. The maximum absolute atomic E-state index is 12.6. The molecule has 1 saturated heterocycles. The van der Waals surface area contributed by atoms with Gasteiger partial charge in [0.15, 0.2) is 0 Å². The largest absolute Gasteiger partial charge is 0.465 e. The van der Waals surface area contributed by atoms with Crippen molar-refractivity contribution in [2.24, 2.45) is 0 Å². The lowest BCUT2D eigenvalue weighted by Gasteiger charge is -2.32. The smallest absolute Gasteiger partial charge is 0.433 e. The molecule has 29 heavy (non-hydrogen) atoms. The quantitative estimate of drug-likeness (QED) is 0.741. The van der Waals surface area contributed by atoms with E-state index in [0.29, 0.717) is 18.2 Å². The van der Waals surface area contributed by atoms with Gasteiger partial charge >= 0.3 is 12.1 Å². The minimum atomic E-state index is -4.40. The second kappa shape index (κ2) is 9.37. The number of piperidine rings is 1. The minimum Gasteiger partial charge on any atom is -0.465 e. The van der Waals surface area contributed by atoms with Crippen LogP contribution < -0.4 is 5.32 Å². The van der Waals surface area contributed by atoms with E-state index in [0.717, 1.165) is 49.7 Å². The second-order valence-electron chi connectivity index (χ2n) is 7.17. The molecule has 1 aromatic carbocycles. The van der Waals surface area contributed by atoms with Gasteiger partial charge in [-0.2, -0.15) is 13.2 Å². The molecule has 0 saturated carbocycles. The number of nitrogens with one attached hydrogen (secondary N) is 1. The van der Waals surface area contributed by atoms with Gasteiger partial charge in [-0.15, -0.1) is 0 Å². The predicted octanol–water partition coefficient (Wildman–Crippen LogP) is 3.64. The number of pyridine rings is 1. The zero-order chi connectivity index (χ0) is 20.9. The summed E-state index contributed by atoms with van der Waals surface area (Å²) in [6, 6.07) is 10.2. The monoisotopic (exact) mass is 407 g/mol. The number of carbonyl (C=O) groups excluding carboxylic acids is 1. The number of aromatic nitrogens is 1. The molecule has 0 radical (unpaired) electrons. The van der Waals surface area contributed by atoms with Crippen LogP contribution in [0.2, 0.25) is 0 Å². The van der Waals surface area contributed by atoms with Gasteiger partial charge < -0.3 is 10.1 Å². The van der Waals surface area contributed by atoms with Crippen LogP contribution in [0.3, 0.4) is 0 Å². The van der Waals surface area contributed by atoms with Crippen LogP contribution in [-0.4, -0.2) is 42.1 Å². The second-order valence-corrected chi connectivity index (χ2v) is 7.17. The van der Waals surface area contributed by atoms with Crippen LogP contribution in [0.5, 0.6) is 0 Å². The molecular formula is C21H24F3N3O2. The molecule has 0 bridgehead atoms. The highest BCUT2D eigenvalue weighted by molar-refractivity contribution is 5.89. The molecule has 0 amide bonds. The molecule has 5 nitrogen and oxygen atoms in total. The summed E-state index contributed by atoms with van der Waals surface area (Å²) in [5, 5.41) is 3.41. The SMILES string of the molecule is COC(=O)c1ccc(CN2CCC(NCc3ccc(C(F)(F)F)nc3)CC2)cc1. The zero-order valence-electron chi connectivity index (χ0n) is 16.2. The molecule has 0 spiro atoms. The average molecular weight is 407 g/mol. The van der Waals surface area contributed by atoms with E-state index >= 15 is 0 Å². The Labute approximate surface area is 167 Å². The minimum absolute atomic E-state index is 0.329. The van der Waals surface area contributed by atoms with E-state index in [1.54, 1.807) is 12.1 Å². The number of likely N-dealkylation sites (tertiary alicyclic amines) is 1. The van der Waals surface area contributed by atoms with Gasteiger partial charge in [0.05, 0.1) is 12.7 Å². The summed E-state index contributed by atoms with van der Waals surface area (Å²) in [6.07, 6.45) is -1.19. The van der Waals surface area contributed by atoms with Gasteiger partial charge in [0, 0.05) is 25.3 Å². The number of ether oxygens (including phenoxy) is 1. The van der Waals surface area contributed by atoms with Crippen molar-refractivity contribution in [3.05, 3.63) is 65.0 Å². The molecule has 0 aliphatic carbocycles. The molecule has 1 aromatic heterocycles. The lowest BCUT2D eigenvalue weighted by Crippen LogP contribution is -2.41. The van der Waals surface area contributed by atoms with E-state index in [4.69, 9.17) is 4.74 Å². The van der Waals surface area contributed by atoms with E-state index in [1.165, 1.54) is 19.4 Å². The topological polar surface area (TPSA) is 54.5 Å². The van der Waals surface area contributed by atoms with Gasteiger partial charge in [-0.3, -0.25) is 9.88 Å². The van der Waals surface area contributed by atoms with Crippen molar-refractivity contribution in [2.75, 3.05) is 20.2 Å². The Morgan fingerprint density at radius 2 is 1.79 bits per heavy atom. The summed E-state index contributed by atoms with van der Waals surface area (Å²) >= 11 is 0. The fourth-order valence-corrected chi connectivity index (χ4v) is 3.38. The van der Waals surface area contributed by atoms with Crippen LogP contribution in [0.4, 0.5) is 13.2 Å². The van der Waals surface area contributed by atoms with E-state index in [-0.39, 0.29) is 5.97 Å². The van der Waals surface area contributed by atoms with Crippen molar-refractivity contribution in [2.45, 2.75) is 38.1 Å². The molecule has 156 valence electrons. The van der Waals surface area contributed by atoms with Crippen LogP contribution in [0.25, 0.3) is 0 Å². The molecule has 1 aliphatic rings. The number of carbonyl (C=O) groups is 1. The molecule has 0 atom stereocenters. The summed E-state index contributed by atoms with van der Waals surface area (Å²) in [6.45, 7) is 3.19. The third kappa shape index (κ3) is 6.01. The zero-order valence-corrected chi connectivity index (χ0v) is 16.2. The Hall–Kier alpha value is -2.45. The molecule has 0 unspecified atom stereocenters. The number of alkyl halides is 3. The number of hydrogen-bond donors (Lipinski definition) is 1. The number of hydrogen-bond acceptors (Lipinski definition) is 5. The summed E-state index contributed by atoms with van der Waals surface area (Å²) in [5.74, 6) is -0.341. The van der Waals surface area contributed by atoms with Gasteiger partial charge in [0.1, 0.15) is 5.69 Å². The maximum atomic E-state index is 12.6. The number of esters is 1. The number of halogens is 3. The molecule has 2 heterocycles. The fourth-order valence-electron chi connectivity index (χ4n) is 3.38. The standard InChI is InChI=1S/C21H24F3N3O2/c1-29-20(28)17-5-2-15(3-6-17)14-27-10-8-18(9-11-27)25-12-16-4-7-19(26-13-16)21(22,23)24/h2-7,13,18,25H,8-12,14H2,1H3. The first-order valence-corrected chi connectivity index (χ1v) is 9.50. The van der Waals surface area contributed by atoms with Crippen LogP contribution >= 0.6 is 0 Å². The van der Waals surface area contributed by atoms with Gasteiger partial charge in [-0.1, -0.05) is 18.2 Å². The first kappa shape index (κ1) is 21.3. The molecule has 3 rings (SSSR count). The summed E-state index contributed by atoms with van der Waals surface area (Å²) < 4.78 is 42.4. The van der Waals surface area contributed by atoms with Crippen LogP contribution in [0.1, 0.15) is 40.0 Å². The predicted molar refractivity (Wildman–Crippen MR) is 102 cm³/mol.